The summed E-state index contributed by atoms with van der Waals surface area (Å²) < 4.78 is 22.9. The third-order valence-corrected chi connectivity index (χ3v) is 4.22. The van der Waals surface area contributed by atoms with Crippen molar-refractivity contribution in [3.8, 4) is 0 Å². The van der Waals surface area contributed by atoms with Gasteiger partial charge in [0.1, 0.15) is 6.10 Å². The molecule has 0 amide bonds. The number of hydrogen-bond donors (Lipinski definition) is 0. The molecule has 0 aromatic carbocycles. The molecule has 0 aromatic rings. The van der Waals surface area contributed by atoms with Crippen LogP contribution >= 0.6 is 0 Å². The highest BCUT2D eigenvalue weighted by molar-refractivity contribution is 5.66. The number of rotatable bonds is 11. The van der Waals surface area contributed by atoms with E-state index in [4.69, 9.17) is 18.9 Å². The second kappa shape index (κ2) is 11.8. The number of carbonyl (C=O) groups is 1. The largest absolute Gasteiger partial charge is 0.462 e. The third-order valence-electron chi connectivity index (χ3n) is 4.22. The molecule has 1 fully saturated rings. The average molecular weight is 330 g/mol. The molecule has 0 aliphatic carbocycles. The summed E-state index contributed by atoms with van der Waals surface area (Å²) in [4.78, 5) is 11.4. The summed E-state index contributed by atoms with van der Waals surface area (Å²) in [5.74, 6) is 0.0243. The lowest BCUT2D eigenvalue weighted by molar-refractivity contribution is -0.245. The van der Waals surface area contributed by atoms with Crippen molar-refractivity contribution in [2.75, 3.05) is 19.8 Å². The predicted octanol–water partition coefficient (Wildman–Crippen LogP) is 3.69. The summed E-state index contributed by atoms with van der Waals surface area (Å²) in [6, 6.07) is 0. The Morgan fingerprint density at radius 1 is 1.13 bits per heavy atom. The van der Waals surface area contributed by atoms with Gasteiger partial charge in [-0.25, -0.2) is 0 Å². The van der Waals surface area contributed by atoms with Crippen LogP contribution in [0.1, 0.15) is 66.2 Å². The standard InChI is InChI=1S/C18H34O5/c1-5-8-9-16-15(7-3)17(22-14(4)19)13-18(23-16)21-12-11-20-10-6-2/h15-18H,5-13H2,1-4H3. The van der Waals surface area contributed by atoms with Crippen molar-refractivity contribution in [3.63, 3.8) is 0 Å². The summed E-state index contributed by atoms with van der Waals surface area (Å²) in [5, 5.41) is 0. The SMILES string of the molecule is CCCCC1OC(OCCOCCC)CC(OC(C)=O)C1CC. The molecule has 23 heavy (non-hydrogen) atoms. The van der Waals surface area contributed by atoms with E-state index in [9.17, 15) is 4.79 Å². The van der Waals surface area contributed by atoms with Gasteiger partial charge in [0.05, 0.1) is 19.3 Å². The lowest BCUT2D eigenvalue weighted by atomic mass is 9.86. The fraction of sp³-hybridized carbons (Fsp3) is 0.944. The summed E-state index contributed by atoms with van der Waals surface area (Å²) >= 11 is 0. The van der Waals surface area contributed by atoms with Crippen LogP contribution in [0.25, 0.3) is 0 Å². The van der Waals surface area contributed by atoms with Crippen LogP contribution < -0.4 is 0 Å². The van der Waals surface area contributed by atoms with Gasteiger partial charge in [0.25, 0.3) is 0 Å². The minimum absolute atomic E-state index is 0.0969. The van der Waals surface area contributed by atoms with E-state index in [1.54, 1.807) is 0 Å². The van der Waals surface area contributed by atoms with E-state index in [2.05, 4.69) is 20.8 Å². The van der Waals surface area contributed by atoms with Gasteiger partial charge >= 0.3 is 5.97 Å². The van der Waals surface area contributed by atoms with Gasteiger partial charge in [-0.3, -0.25) is 4.79 Å². The summed E-state index contributed by atoms with van der Waals surface area (Å²) in [5.41, 5.74) is 0. The highest BCUT2D eigenvalue weighted by atomic mass is 16.7. The maximum absolute atomic E-state index is 11.4. The molecule has 5 heteroatoms. The van der Waals surface area contributed by atoms with Crippen molar-refractivity contribution in [3.05, 3.63) is 0 Å². The summed E-state index contributed by atoms with van der Waals surface area (Å²) in [7, 11) is 0. The molecule has 0 saturated carbocycles. The molecule has 4 atom stereocenters. The molecule has 1 heterocycles. The first kappa shape index (κ1) is 20.4. The molecule has 0 spiro atoms. The minimum atomic E-state index is -0.311. The summed E-state index contributed by atoms with van der Waals surface area (Å²) in [6.07, 6.45) is 5.45. The number of hydrogen-bond acceptors (Lipinski definition) is 5. The minimum Gasteiger partial charge on any atom is -0.462 e. The zero-order valence-electron chi connectivity index (χ0n) is 15.2. The molecule has 0 aromatic heterocycles. The lowest BCUT2D eigenvalue weighted by Crippen LogP contribution is -2.46. The molecular formula is C18H34O5. The zero-order valence-corrected chi connectivity index (χ0v) is 15.2. The quantitative estimate of drug-likeness (QED) is 0.427. The van der Waals surface area contributed by atoms with E-state index < -0.39 is 0 Å². The van der Waals surface area contributed by atoms with Gasteiger partial charge in [0.15, 0.2) is 6.29 Å². The second-order valence-corrected chi connectivity index (χ2v) is 6.19. The molecule has 4 unspecified atom stereocenters. The van der Waals surface area contributed by atoms with Crippen molar-refractivity contribution in [1.29, 1.82) is 0 Å². The Morgan fingerprint density at radius 2 is 1.91 bits per heavy atom. The fourth-order valence-electron chi connectivity index (χ4n) is 3.11. The van der Waals surface area contributed by atoms with Crippen molar-refractivity contribution < 1.29 is 23.7 Å². The topological polar surface area (TPSA) is 54.0 Å². The maximum Gasteiger partial charge on any atom is 0.302 e. The van der Waals surface area contributed by atoms with E-state index in [1.807, 2.05) is 0 Å². The lowest BCUT2D eigenvalue weighted by Gasteiger charge is -2.41. The van der Waals surface area contributed by atoms with Crippen LogP contribution in [0.5, 0.6) is 0 Å². The van der Waals surface area contributed by atoms with E-state index >= 15 is 0 Å². The smallest absolute Gasteiger partial charge is 0.302 e. The van der Waals surface area contributed by atoms with Crippen LogP contribution in [-0.2, 0) is 23.7 Å². The highest BCUT2D eigenvalue weighted by Gasteiger charge is 2.39. The second-order valence-electron chi connectivity index (χ2n) is 6.19. The Morgan fingerprint density at radius 3 is 2.52 bits per heavy atom. The monoisotopic (exact) mass is 330 g/mol. The molecule has 136 valence electrons. The average Bonchev–Trinajstić information content (AvgIpc) is 2.52. The Bertz CT molecular complexity index is 321. The normalized spacial score (nSPS) is 27.8. The first-order chi connectivity index (χ1) is 11.1. The highest BCUT2D eigenvalue weighted by Crippen LogP contribution is 2.33. The summed E-state index contributed by atoms with van der Waals surface area (Å²) in [6.45, 7) is 9.69. The van der Waals surface area contributed by atoms with Gasteiger partial charge in [0.2, 0.25) is 0 Å². The third kappa shape index (κ3) is 7.64. The first-order valence-corrected chi connectivity index (χ1v) is 9.14. The Hall–Kier alpha value is -0.650. The molecule has 0 bridgehead atoms. The van der Waals surface area contributed by atoms with Crippen molar-refractivity contribution in [2.45, 2.75) is 84.7 Å². The van der Waals surface area contributed by atoms with Crippen molar-refractivity contribution >= 4 is 5.97 Å². The Kier molecular flexibility index (Phi) is 10.5. The van der Waals surface area contributed by atoms with Crippen LogP contribution in [0.2, 0.25) is 0 Å². The zero-order chi connectivity index (χ0) is 17.1. The van der Waals surface area contributed by atoms with E-state index in [-0.39, 0.29) is 30.4 Å². The Balaban J connectivity index is 2.56. The van der Waals surface area contributed by atoms with Crippen molar-refractivity contribution in [1.82, 2.24) is 0 Å². The van der Waals surface area contributed by atoms with Gasteiger partial charge in [-0.2, -0.15) is 0 Å². The fourth-order valence-corrected chi connectivity index (χ4v) is 3.11. The molecule has 0 radical (unpaired) electrons. The first-order valence-electron chi connectivity index (χ1n) is 9.14. The molecule has 5 nitrogen and oxygen atoms in total. The Labute approximate surface area is 141 Å². The van der Waals surface area contributed by atoms with E-state index in [0.29, 0.717) is 19.6 Å². The van der Waals surface area contributed by atoms with Crippen LogP contribution in [-0.4, -0.2) is 44.3 Å². The van der Waals surface area contributed by atoms with Gasteiger partial charge in [-0.1, -0.05) is 33.6 Å². The molecule has 1 saturated heterocycles. The number of carbonyl (C=O) groups excluding carboxylic acids is 1. The van der Waals surface area contributed by atoms with Gasteiger partial charge in [-0.05, 0) is 19.3 Å². The van der Waals surface area contributed by atoms with Crippen LogP contribution in [0.4, 0.5) is 0 Å². The van der Waals surface area contributed by atoms with Crippen LogP contribution in [0.15, 0.2) is 0 Å². The molecular weight excluding hydrogens is 296 g/mol. The van der Waals surface area contributed by atoms with Crippen LogP contribution in [0, 0.1) is 5.92 Å². The predicted molar refractivity (Wildman–Crippen MR) is 89.2 cm³/mol. The van der Waals surface area contributed by atoms with Gasteiger partial charge < -0.3 is 18.9 Å². The van der Waals surface area contributed by atoms with Crippen LogP contribution in [0.3, 0.4) is 0 Å². The van der Waals surface area contributed by atoms with E-state index in [0.717, 1.165) is 38.7 Å². The molecule has 1 rings (SSSR count). The number of unbranched alkanes of at least 4 members (excludes halogenated alkanes) is 1. The maximum atomic E-state index is 11.4. The van der Waals surface area contributed by atoms with Gasteiger partial charge in [0, 0.05) is 25.9 Å². The number of ether oxygens (including phenoxy) is 4. The molecule has 1 aliphatic heterocycles. The van der Waals surface area contributed by atoms with Gasteiger partial charge in [-0.15, -0.1) is 0 Å². The van der Waals surface area contributed by atoms with E-state index in [1.165, 1.54) is 6.92 Å². The van der Waals surface area contributed by atoms with Crippen molar-refractivity contribution in [2.24, 2.45) is 5.92 Å². The molecule has 0 N–H and O–H groups in total. The number of esters is 1. The molecule has 1 aliphatic rings.